The van der Waals surface area contributed by atoms with Gasteiger partial charge in [-0.25, -0.2) is 4.98 Å². The van der Waals surface area contributed by atoms with E-state index in [1.807, 2.05) is 5.51 Å². The molecule has 0 fully saturated rings. The Bertz CT molecular complexity index is 686. The normalized spacial score (nSPS) is 10.9. The molecule has 3 aromatic rings. The van der Waals surface area contributed by atoms with Crippen LogP contribution < -0.4 is 4.57 Å². The number of hydrogen-bond acceptors (Lipinski definition) is 2. The monoisotopic (exact) mass is 241 g/mol. The van der Waals surface area contributed by atoms with Crippen molar-refractivity contribution in [2.24, 2.45) is 7.05 Å². The summed E-state index contributed by atoms with van der Waals surface area (Å²) in [4.78, 5) is 4.49. The molecule has 0 aliphatic rings. The van der Waals surface area contributed by atoms with E-state index in [-0.39, 0.29) is 0 Å². The van der Waals surface area contributed by atoms with Gasteiger partial charge in [-0.1, -0.05) is 18.2 Å². The van der Waals surface area contributed by atoms with Gasteiger partial charge < -0.3 is 0 Å². The van der Waals surface area contributed by atoms with E-state index in [0.29, 0.717) is 0 Å². The maximum absolute atomic E-state index is 4.49. The molecule has 3 heteroatoms. The first-order chi connectivity index (χ1) is 8.27. The van der Waals surface area contributed by atoms with Gasteiger partial charge in [0, 0.05) is 6.07 Å². The van der Waals surface area contributed by atoms with Crippen LogP contribution in [-0.2, 0) is 7.05 Å². The minimum Gasteiger partial charge on any atom is -0.238 e. The van der Waals surface area contributed by atoms with Crippen molar-refractivity contribution in [2.75, 3.05) is 0 Å². The third-order valence-electron chi connectivity index (χ3n) is 3.02. The fourth-order valence-corrected chi connectivity index (χ4v) is 2.80. The molecule has 0 spiro atoms. The Balaban J connectivity index is 2.40. The van der Waals surface area contributed by atoms with Crippen molar-refractivity contribution in [1.29, 1.82) is 0 Å². The molecule has 3 rings (SSSR count). The Labute approximate surface area is 104 Å². The van der Waals surface area contributed by atoms with Crippen molar-refractivity contribution >= 4 is 21.6 Å². The maximum Gasteiger partial charge on any atom is 0.239 e. The van der Waals surface area contributed by atoms with E-state index in [4.69, 9.17) is 0 Å². The third kappa shape index (κ3) is 1.63. The summed E-state index contributed by atoms with van der Waals surface area (Å²) in [6.45, 7) is 2.14. The Morgan fingerprint density at radius 2 is 2.00 bits per heavy atom. The average Bonchev–Trinajstić information content (AvgIpc) is 2.79. The predicted octanol–water partition coefficient (Wildman–Crippen LogP) is 3.10. The molecule has 0 unspecified atom stereocenters. The van der Waals surface area contributed by atoms with Crippen molar-refractivity contribution in [3.63, 3.8) is 0 Å². The van der Waals surface area contributed by atoms with Gasteiger partial charge in [0.2, 0.25) is 5.69 Å². The highest BCUT2D eigenvalue weighted by molar-refractivity contribution is 7.16. The standard InChI is InChI=1S/C14H13N2S/c1-10-5-3-4-6-11(10)14-13-12(17-9-15-13)7-8-16(14)2/h3-9H,1-2H3/q+1. The summed E-state index contributed by atoms with van der Waals surface area (Å²) in [5, 5.41) is 0. The van der Waals surface area contributed by atoms with Crippen molar-refractivity contribution in [3.8, 4) is 11.3 Å². The Morgan fingerprint density at radius 3 is 2.82 bits per heavy atom. The minimum absolute atomic E-state index is 1.09. The largest absolute Gasteiger partial charge is 0.239 e. The lowest BCUT2D eigenvalue weighted by atomic mass is 10.0. The molecule has 2 aromatic heterocycles. The smallest absolute Gasteiger partial charge is 0.238 e. The first-order valence-electron chi connectivity index (χ1n) is 5.55. The molecule has 0 saturated heterocycles. The van der Waals surface area contributed by atoms with Crippen molar-refractivity contribution in [2.45, 2.75) is 6.92 Å². The maximum atomic E-state index is 4.49. The summed E-state index contributed by atoms with van der Waals surface area (Å²) in [7, 11) is 2.07. The lowest BCUT2D eigenvalue weighted by Gasteiger charge is -2.04. The number of rotatable bonds is 1. The van der Waals surface area contributed by atoms with E-state index < -0.39 is 0 Å². The molecular weight excluding hydrogens is 228 g/mol. The first-order valence-corrected chi connectivity index (χ1v) is 6.43. The molecule has 1 aromatic carbocycles. The molecule has 2 nitrogen and oxygen atoms in total. The summed E-state index contributed by atoms with van der Waals surface area (Å²) >= 11 is 1.69. The second-order valence-corrected chi connectivity index (χ2v) is 5.04. The highest BCUT2D eigenvalue weighted by Gasteiger charge is 2.18. The highest BCUT2D eigenvalue weighted by atomic mass is 32.1. The van der Waals surface area contributed by atoms with Crippen LogP contribution >= 0.6 is 11.3 Å². The first kappa shape index (κ1) is 10.4. The van der Waals surface area contributed by atoms with Crippen LogP contribution in [0.1, 0.15) is 5.56 Å². The van der Waals surface area contributed by atoms with Crippen molar-refractivity contribution < 1.29 is 4.57 Å². The van der Waals surface area contributed by atoms with Crippen LogP contribution in [0.25, 0.3) is 21.5 Å². The van der Waals surface area contributed by atoms with Gasteiger partial charge >= 0.3 is 0 Å². The van der Waals surface area contributed by atoms with Crippen LogP contribution in [0.3, 0.4) is 0 Å². The Hall–Kier alpha value is -1.74. The molecule has 2 heterocycles. The van der Waals surface area contributed by atoms with E-state index >= 15 is 0 Å². The van der Waals surface area contributed by atoms with Gasteiger partial charge in [0.25, 0.3) is 0 Å². The molecule has 0 atom stereocenters. The quantitative estimate of drug-likeness (QED) is 0.598. The zero-order valence-electron chi connectivity index (χ0n) is 9.84. The van der Waals surface area contributed by atoms with Gasteiger partial charge in [-0.3, -0.25) is 0 Å². The molecule has 0 amide bonds. The topological polar surface area (TPSA) is 16.8 Å². The summed E-state index contributed by atoms with van der Waals surface area (Å²) in [6.07, 6.45) is 2.10. The molecule has 84 valence electrons. The molecular formula is C14H13N2S+. The lowest BCUT2D eigenvalue weighted by molar-refractivity contribution is -0.659. The van der Waals surface area contributed by atoms with Crippen molar-refractivity contribution in [3.05, 3.63) is 47.6 Å². The van der Waals surface area contributed by atoms with Crippen LogP contribution in [-0.4, -0.2) is 4.98 Å². The summed E-state index contributed by atoms with van der Waals surface area (Å²) < 4.78 is 3.38. The van der Waals surface area contributed by atoms with Crippen LogP contribution in [0, 0.1) is 6.92 Å². The van der Waals surface area contributed by atoms with Gasteiger partial charge in [-0.15, -0.1) is 11.3 Å². The molecule has 17 heavy (non-hydrogen) atoms. The van der Waals surface area contributed by atoms with Gasteiger partial charge in [0.15, 0.2) is 11.7 Å². The number of nitrogens with zero attached hydrogens (tertiary/aromatic N) is 2. The molecule has 0 N–H and O–H groups in total. The van der Waals surface area contributed by atoms with E-state index in [1.54, 1.807) is 11.3 Å². The fourth-order valence-electron chi connectivity index (χ4n) is 2.13. The average molecular weight is 241 g/mol. The van der Waals surface area contributed by atoms with E-state index in [9.17, 15) is 0 Å². The van der Waals surface area contributed by atoms with Crippen LogP contribution in [0.15, 0.2) is 42.0 Å². The fraction of sp³-hybridized carbons (Fsp3) is 0.143. The Morgan fingerprint density at radius 1 is 1.18 bits per heavy atom. The number of benzene rings is 1. The minimum atomic E-state index is 1.09. The van der Waals surface area contributed by atoms with Gasteiger partial charge in [-0.05, 0) is 18.6 Å². The Kier molecular flexibility index (Phi) is 2.41. The summed E-state index contributed by atoms with van der Waals surface area (Å²) in [6, 6.07) is 10.6. The molecule has 0 saturated carbocycles. The molecule has 0 aliphatic carbocycles. The third-order valence-corrected chi connectivity index (χ3v) is 3.82. The number of hydrogen-bond donors (Lipinski definition) is 0. The van der Waals surface area contributed by atoms with Gasteiger partial charge in [-0.2, -0.15) is 4.57 Å². The number of fused-ring (bicyclic) bond motifs is 1. The van der Waals surface area contributed by atoms with Crippen LogP contribution in [0.5, 0.6) is 0 Å². The molecule has 0 bridgehead atoms. The molecule has 0 radical (unpaired) electrons. The van der Waals surface area contributed by atoms with Gasteiger partial charge in [0.05, 0.1) is 15.8 Å². The second kappa shape index (κ2) is 3.93. The summed E-state index contributed by atoms with van der Waals surface area (Å²) in [5.74, 6) is 0. The number of thiazole rings is 1. The van der Waals surface area contributed by atoms with Gasteiger partial charge in [0.1, 0.15) is 7.05 Å². The highest BCUT2D eigenvalue weighted by Crippen LogP contribution is 2.28. The number of aromatic nitrogens is 2. The van der Waals surface area contributed by atoms with Crippen molar-refractivity contribution in [1.82, 2.24) is 4.98 Å². The van der Waals surface area contributed by atoms with Crippen LogP contribution in [0.2, 0.25) is 0 Å². The van der Waals surface area contributed by atoms with E-state index in [2.05, 4.69) is 60.1 Å². The second-order valence-electron chi connectivity index (χ2n) is 4.16. The zero-order valence-corrected chi connectivity index (χ0v) is 10.7. The van der Waals surface area contributed by atoms with E-state index in [0.717, 1.165) is 5.52 Å². The van der Waals surface area contributed by atoms with Crippen LogP contribution in [0.4, 0.5) is 0 Å². The van der Waals surface area contributed by atoms with E-state index in [1.165, 1.54) is 21.5 Å². The SMILES string of the molecule is Cc1ccccc1-c1c2ncsc2cc[n+]1C. The number of pyridine rings is 1. The number of aryl methyl sites for hydroxylation is 2. The zero-order chi connectivity index (χ0) is 11.8. The molecule has 0 aliphatic heterocycles. The predicted molar refractivity (Wildman–Crippen MR) is 71.0 cm³/mol. The lowest BCUT2D eigenvalue weighted by Crippen LogP contribution is -2.30. The summed E-state index contributed by atoms with van der Waals surface area (Å²) in [5.41, 5.74) is 6.73.